The number of anilines is 1. The first-order valence-corrected chi connectivity index (χ1v) is 5.98. The minimum absolute atomic E-state index is 0.220. The molecule has 1 saturated heterocycles. The largest absolute Gasteiger partial charge is 0.445 e. The van der Waals surface area contributed by atoms with Crippen molar-refractivity contribution < 1.29 is 18.3 Å². The quantitative estimate of drug-likeness (QED) is 0.844. The Kier molecular flexibility index (Phi) is 3.03. The van der Waals surface area contributed by atoms with Gasteiger partial charge in [0.05, 0.1) is 5.60 Å². The van der Waals surface area contributed by atoms with Gasteiger partial charge in [0.15, 0.2) is 0 Å². The minimum atomic E-state index is -4.45. The van der Waals surface area contributed by atoms with Crippen LogP contribution in [0.25, 0.3) is 0 Å². The molecular formula is C9H12F3N3OS. The van der Waals surface area contributed by atoms with Crippen molar-refractivity contribution in [1.29, 1.82) is 0 Å². The van der Waals surface area contributed by atoms with Gasteiger partial charge in [-0.1, -0.05) is 11.3 Å². The molecule has 0 saturated carbocycles. The second-order valence-electron chi connectivity index (χ2n) is 4.41. The fourth-order valence-corrected chi connectivity index (χ4v) is 2.58. The summed E-state index contributed by atoms with van der Waals surface area (Å²) in [5, 5.41) is 15.8. The number of aliphatic hydroxyl groups is 1. The molecule has 0 aliphatic carbocycles. The molecule has 0 amide bonds. The van der Waals surface area contributed by atoms with Crippen LogP contribution in [0.1, 0.15) is 24.8 Å². The lowest BCUT2D eigenvalue weighted by Crippen LogP contribution is -2.46. The number of nitrogens with zero attached hydrogens (tertiary/aromatic N) is 3. The number of β-amino-alcohol motifs (C(OH)–C–C–N with tert-alkyl or cyclic N) is 1. The molecule has 96 valence electrons. The molecule has 2 heterocycles. The summed E-state index contributed by atoms with van der Waals surface area (Å²) in [6.07, 6.45) is -3.07. The average molecular weight is 267 g/mol. The molecule has 1 aromatic heterocycles. The Morgan fingerprint density at radius 1 is 1.41 bits per heavy atom. The van der Waals surface area contributed by atoms with E-state index in [0.717, 1.165) is 6.42 Å². The molecule has 0 radical (unpaired) electrons. The molecule has 1 aromatic rings. The molecular weight excluding hydrogens is 255 g/mol. The molecule has 1 fully saturated rings. The Morgan fingerprint density at radius 2 is 2.12 bits per heavy atom. The van der Waals surface area contributed by atoms with Gasteiger partial charge in [-0.05, 0) is 19.8 Å². The molecule has 0 aromatic carbocycles. The molecule has 1 aliphatic rings. The van der Waals surface area contributed by atoms with Crippen LogP contribution in [0.15, 0.2) is 0 Å². The summed E-state index contributed by atoms with van der Waals surface area (Å²) >= 11 is 0.515. The zero-order valence-electron chi connectivity index (χ0n) is 9.16. The molecule has 1 atom stereocenters. The van der Waals surface area contributed by atoms with Crippen LogP contribution in [-0.4, -0.2) is 34.0 Å². The van der Waals surface area contributed by atoms with Crippen LogP contribution in [0.3, 0.4) is 0 Å². The lowest BCUT2D eigenvalue weighted by molar-refractivity contribution is -0.138. The highest BCUT2D eigenvalue weighted by atomic mass is 32.1. The summed E-state index contributed by atoms with van der Waals surface area (Å²) in [5.74, 6) is 0. The Morgan fingerprint density at radius 3 is 2.65 bits per heavy atom. The van der Waals surface area contributed by atoms with Crippen LogP contribution >= 0.6 is 11.3 Å². The van der Waals surface area contributed by atoms with Crippen LogP contribution < -0.4 is 4.90 Å². The number of halogens is 3. The van der Waals surface area contributed by atoms with Crippen LogP contribution in [0.4, 0.5) is 18.3 Å². The van der Waals surface area contributed by atoms with E-state index in [-0.39, 0.29) is 5.13 Å². The maximum atomic E-state index is 12.4. The van der Waals surface area contributed by atoms with E-state index in [1.807, 2.05) is 0 Å². The lowest BCUT2D eigenvalue weighted by Gasteiger charge is -2.36. The van der Waals surface area contributed by atoms with Crippen LogP contribution in [-0.2, 0) is 6.18 Å². The molecule has 8 heteroatoms. The number of piperidine rings is 1. The van der Waals surface area contributed by atoms with E-state index in [1.165, 1.54) is 0 Å². The third kappa shape index (κ3) is 2.86. The topological polar surface area (TPSA) is 49.2 Å². The second kappa shape index (κ2) is 4.09. The van der Waals surface area contributed by atoms with Crippen molar-refractivity contribution in [2.24, 2.45) is 0 Å². The van der Waals surface area contributed by atoms with Crippen molar-refractivity contribution in [3.8, 4) is 0 Å². The SMILES string of the molecule is CC1(O)CCCN(c2nnc(C(F)(F)F)s2)C1. The first-order chi connectivity index (χ1) is 7.78. The van der Waals surface area contributed by atoms with Gasteiger partial charge in [0.2, 0.25) is 10.1 Å². The fraction of sp³-hybridized carbons (Fsp3) is 0.778. The molecule has 0 spiro atoms. The van der Waals surface area contributed by atoms with Crippen molar-refractivity contribution in [3.63, 3.8) is 0 Å². The van der Waals surface area contributed by atoms with E-state index < -0.39 is 16.8 Å². The summed E-state index contributed by atoms with van der Waals surface area (Å²) in [4.78, 5) is 1.65. The third-order valence-electron chi connectivity index (χ3n) is 2.60. The van der Waals surface area contributed by atoms with Gasteiger partial charge in [-0.2, -0.15) is 13.2 Å². The minimum Gasteiger partial charge on any atom is -0.388 e. The van der Waals surface area contributed by atoms with Crippen molar-refractivity contribution in [1.82, 2.24) is 10.2 Å². The van der Waals surface area contributed by atoms with Gasteiger partial charge in [-0.3, -0.25) is 0 Å². The first kappa shape index (κ1) is 12.6. The molecule has 1 unspecified atom stereocenters. The standard InChI is InChI=1S/C9H12F3N3OS/c1-8(16)3-2-4-15(5-8)7-14-13-6(17-7)9(10,11)12/h16H,2-5H2,1H3. The van der Waals surface area contributed by atoms with E-state index in [1.54, 1.807) is 11.8 Å². The summed E-state index contributed by atoms with van der Waals surface area (Å²) in [6.45, 7) is 2.56. The number of hydrogen-bond donors (Lipinski definition) is 1. The van der Waals surface area contributed by atoms with Crippen molar-refractivity contribution in [3.05, 3.63) is 5.01 Å². The maximum absolute atomic E-state index is 12.4. The van der Waals surface area contributed by atoms with Crippen LogP contribution in [0, 0.1) is 0 Å². The van der Waals surface area contributed by atoms with E-state index in [2.05, 4.69) is 10.2 Å². The van der Waals surface area contributed by atoms with E-state index in [9.17, 15) is 18.3 Å². The van der Waals surface area contributed by atoms with Gasteiger partial charge in [0.1, 0.15) is 0 Å². The highest BCUT2D eigenvalue weighted by Gasteiger charge is 2.37. The Hall–Kier alpha value is -0.890. The molecule has 1 aliphatic heterocycles. The fourth-order valence-electron chi connectivity index (χ4n) is 1.84. The van der Waals surface area contributed by atoms with E-state index in [4.69, 9.17) is 0 Å². The van der Waals surface area contributed by atoms with Crippen molar-refractivity contribution >= 4 is 16.5 Å². The molecule has 17 heavy (non-hydrogen) atoms. The second-order valence-corrected chi connectivity index (χ2v) is 5.37. The summed E-state index contributed by atoms with van der Waals surface area (Å²) in [5.41, 5.74) is -0.873. The Bertz CT molecular complexity index is 404. The average Bonchev–Trinajstić information content (AvgIpc) is 2.63. The van der Waals surface area contributed by atoms with Gasteiger partial charge in [0, 0.05) is 13.1 Å². The van der Waals surface area contributed by atoms with Gasteiger partial charge >= 0.3 is 6.18 Å². The zero-order valence-corrected chi connectivity index (χ0v) is 9.98. The van der Waals surface area contributed by atoms with Gasteiger partial charge < -0.3 is 10.0 Å². The molecule has 0 bridgehead atoms. The highest BCUT2D eigenvalue weighted by molar-refractivity contribution is 7.15. The predicted octanol–water partition coefficient (Wildman–Crippen LogP) is 1.91. The summed E-state index contributed by atoms with van der Waals surface area (Å²) in [7, 11) is 0. The summed E-state index contributed by atoms with van der Waals surface area (Å²) in [6, 6.07) is 0. The first-order valence-electron chi connectivity index (χ1n) is 5.16. The predicted molar refractivity (Wildman–Crippen MR) is 57.0 cm³/mol. The van der Waals surface area contributed by atoms with Gasteiger partial charge in [0.25, 0.3) is 0 Å². The van der Waals surface area contributed by atoms with Crippen LogP contribution in [0.2, 0.25) is 0 Å². The van der Waals surface area contributed by atoms with E-state index in [0.29, 0.717) is 30.8 Å². The monoisotopic (exact) mass is 267 g/mol. The molecule has 2 rings (SSSR count). The Labute approximate surface area is 100 Å². The Balaban J connectivity index is 2.15. The maximum Gasteiger partial charge on any atom is 0.445 e. The van der Waals surface area contributed by atoms with Gasteiger partial charge in [-0.15, -0.1) is 10.2 Å². The zero-order chi connectivity index (χ0) is 12.7. The van der Waals surface area contributed by atoms with Crippen molar-refractivity contribution in [2.75, 3.05) is 18.0 Å². The number of alkyl halides is 3. The highest BCUT2D eigenvalue weighted by Crippen LogP contribution is 2.35. The van der Waals surface area contributed by atoms with E-state index >= 15 is 0 Å². The molecule has 4 nitrogen and oxygen atoms in total. The summed E-state index contributed by atoms with van der Waals surface area (Å²) < 4.78 is 37.1. The van der Waals surface area contributed by atoms with Crippen LogP contribution in [0.5, 0.6) is 0 Å². The molecule has 1 N–H and O–H groups in total. The third-order valence-corrected chi connectivity index (χ3v) is 3.63. The van der Waals surface area contributed by atoms with Crippen molar-refractivity contribution in [2.45, 2.75) is 31.5 Å². The number of rotatable bonds is 1. The number of hydrogen-bond acceptors (Lipinski definition) is 5. The lowest BCUT2D eigenvalue weighted by atomic mass is 9.96. The van der Waals surface area contributed by atoms with Gasteiger partial charge in [-0.25, -0.2) is 0 Å². The number of aromatic nitrogens is 2. The normalized spacial score (nSPS) is 26.3. The smallest absolute Gasteiger partial charge is 0.388 e.